The molecule has 0 saturated carbocycles. The Hall–Kier alpha value is -3.15. The normalized spacial score (nSPS) is 10.8. The van der Waals surface area contributed by atoms with Gasteiger partial charge in [0.1, 0.15) is 5.75 Å². The van der Waals surface area contributed by atoms with Crippen LogP contribution in [0.25, 0.3) is 20.3 Å². The Labute approximate surface area is 174 Å². The number of aromatic nitrogens is 1. The highest BCUT2D eigenvalue weighted by Gasteiger charge is 2.16. The number of hydrogen-bond donors (Lipinski definition) is 0. The third-order valence-electron chi connectivity index (χ3n) is 4.11. The van der Waals surface area contributed by atoms with Gasteiger partial charge in [-0.1, -0.05) is 0 Å². The Bertz CT molecular complexity index is 1250. The number of benzene rings is 2. The van der Waals surface area contributed by atoms with Gasteiger partial charge in [-0.2, -0.15) is 5.26 Å². The standard InChI is InChI=1S/C21H16N2O4S2/c1-3-25-17-8-13(10-22)4-5-15(17)27-19(24)11-26-16-9-18-20(23-12(2)29-18)21-14(16)6-7-28-21/h4-9H,3,11H2,1-2H3. The van der Waals surface area contributed by atoms with Gasteiger partial charge >= 0.3 is 5.97 Å². The van der Waals surface area contributed by atoms with Crippen LogP contribution in [0.5, 0.6) is 17.2 Å². The van der Waals surface area contributed by atoms with Crippen molar-refractivity contribution < 1.29 is 19.0 Å². The molecule has 0 aliphatic carbocycles. The van der Waals surface area contributed by atoms with Crippen molar-refractivity contribution in [3.63, 3.8) is 0 Å². The summed E-state index contributed by atoms with van der Waals surface area (Å²) in [6.07, 6.45) is 0. The Morgan fingerprint density at radius 3 is 2.83 bits per heavy atom. The fourth-order valence-corrected chi connectivity index (χ4v) is 4.76. The first-order chi connectivity index (χ1) is 14.1. The zero-order chi connectivity index (χ0) is 20.4. The van der Waals surface area contributed by atoms with Crippen LogP contribution in [0.3, 0.4) is 0 Å². The molecule has 0 amide bonds. The maximum Gasteiger partial charge on any atom is 0.349 e. The summed E-state index contributed by atoms with van der Waals surface area (Å²) >= 11 is 3.19. The molecule has 0 radical (unpaired) electrons. The molecule has 0 aliphatic rings. The molecule has 0 N–H and O–H groups in total. The van der Waals surface area contributed by atoms with Crippen LogP contribution in [-0.4, -0.2) is 24.2 Å². The van der Waals surface area contributed by atoms with Gasteiger partial charge in [0.05, 0.1) is 38.2 Å². The zero-order valence-electron chi connectivity index (χ0n) is 15.7. The Kier molecular flexibility index (Phi) is 5.34. The van der Waals surface area contributed by atoms with Crippen LogP contribution in [0, 0.1) is 18.3 Å². The second kappa shape index (κ2) is 8.07. The average molecular weight is 425 g/mol. The van der Waals surface area contributed by atoms with Crippen molar-refractivity contribution in [2.45, 2.75) is 13.8 Å². The van der Waals surface area contributed by atoms with E-state index in [1.807, 2.05) is 37.4 Å². The van der Waals surface area contributed by atoms with E-state index in [0.29, 0.717) is 23.7 Å². The van der Waals surface area contributed by atoms with Gasteiger partial charge in [-0.05, 0) is 37.4 Å². The van der Waals surface area contributed by atoms with E-state index in [1.54, 1.807) is 40.9 Å². The highest BCUT2D eigenvalue weighted by molar-refractivity contribution is 7.21. The lowest BCUT2D eigenvalue weighted by Gasteiger charge is -2.12. The van der Waals surface area contributed by atoms with E-state index in [-0.39, 0.29) is 12.4 Å². The van der Waals surface area contributed by atoms with Crippen LogP contribution in [0.4, 0.5) is 0 Å². The molecule has 4 rings (SSSR count). The fraction of sp³-hybridized carbons (Fsp3) is 0.190. The maximum atomic E-state index is 12.4. The molecule has 0 atom stereocenters. The lowest BCUT2D eigenvalue weighted by atomic mass is 10.2. The number of fused-ring (bicyclic) bond motifs is 3. The fourth-order valence-electron chi connectivity index (χ4n) is 2.93. The second-order valence-electron chi connectivity index (χ2n) is 6.09. The molecule has 8 heteroatoms. The minimum atomic E-state index is -0.556. The van der Waals surface area contributed by atoms with Gasteiger partial charge in [0.15, 0.2) is 18.1 Å². The summed E-state index contributed by atoms with van der Waals surface area (Å²) in [7, 11) is 0. The van der Waals surface area contributed by atoms with Gasteiger partial charge in [-0.3, -0.25) is 0 Å². The number of ether oxygens (including phenoxy) is 3. The third-order valence-corrected chi connectivity index (χ3v) is 5.95. The van der Waals surface area contributed by atoms with Crippen molar-refractivity contribution in [2.24, 2.45) is 0 Å². The SMILES string of the molecule is CCOc1cc(C#N)ccc1OC(=O)COc1cc2sc(C)nc2c2sccc12. The number of carbonyl (C=O) groups excluding carboxylic acids is 1. The summed E-state index contributed by atoms with van der Waals surface area (Å²) in [5.41, 5.74) is 1.39. The molecule has 4 aromatic rings. The summed E-state index contributed by atoms with van der Waals surface area (Å²) in [5.74, 6) is 0.675. The number of rotatable bonds is 6. The third kappa shape index (κ3) is 3.88. The quantitative estimate of drug-likeness (QED) is 0.317. The number of thiophene rings is 1. The van der Waals surface area contributed by atoms with Crippen LogP contribution < -0.4 is 14.2 Å². The highest BCUT2D eigenvalue weighted by atomic mass is 32.1. The summed E-state index contributed by atoms with van der Waals surface area (Å²) in [6.45, 7) is 3.92. The maximum absolute atomic E-state index is 12.4. The van der Waals surface area contributed by atoms with E-state index in [0.717, 1.165) is 25.3 Å². The molecule has 0 bridgehead atoms. The number of esters is 1. The summed E-state index contributed by atoms with van der Waals surface area (Å²) in [4.78, 5) is 17.0. The summed E-state index contributed by atoms with van der Waals surface area (Å²) < 4.78 is 18.7. The monoisotopic (exact) mass is 424 g/mol. The largest absolute Gasteiger partial charge is 0.490 e. The lowest BCUT2D eigenvalue weighted by Crippen LogP contribution is -2.18. The van der Waals surface area contributed by atoms with E-state index in [1.165, 1.54) is 0 Å². The number of thiazole rings is 1. The Morgan fingerprint density at radius 1 is 1.17 bits per heavy atom. The van der Waals surface area contributed by atoms with Gasteiger partial charge in [0.25, 0.3) is 0 Å². The molecular weight excluding hydrogens is 408 g/mol. The molecule has 2 aromatic carbocycles. The van der Waals surface area contributed by atoms with Gasteiger partial charge in [-0.25, -0.2) is 9.78 Å². The van der Waals surface area contributed by atoms with Crippen LogP contribution >= 0.6 is 22.7 Å². The van der Waals surface area contributed by atoms with Gasteiger partial charge in [-0.15, -0.1) is 22.7 Å². The second-order valence-corrected chi connectivity index (χ2v) is 8.24. The molecule has 0 fully saturated rings. The molecule has 146 valence electrons. The number of nitriles is 1. The molecule has 2 heterocycles. The van der Waals surface area contributed by atoms with E-state index >= 15 is 0 Å². The molecule has 0 aliphatic heterocycles. The molecule has 2 aromatic heterocycles. The van der Waals surface area contributed by atoms with Crippen molar-refractivity contribution in [3.05, 3.63) is 46.3 Å². The molecule has 6 nitrogen and oxygen atoms in total. The average Bonchev–Trinajstić information content (AvgIpc) is 3.33. The number of aryl methyl sites for hydroxylation is 1. The lowest BCUT2D eigenvalue weighted by molar-refractivity contribution is -0.136. The van der Waals surface area contributed by atoms with Crippen LogP contribution in [0.15, 0.2) is 35.7 Å². The summed E-state index contributed by atoms with van der Waals surface area (Å²) in [6, 6.07) is 10.6. The smallest absolute Gasteiger partial charge is 0.349 e. The zero-order valence-corrected chi connectivity index (χ0v) is 17.4. The first-order valence-electron chi connectivity index (χ1n) is 8.86. The van der Waals surface area contributed by atoms with Crippen LogP contribution in [-0.2, 0) is 4.79 Å². The topological polar surface area (TPSA) is 81.4 Å². The first kappa shape index (κ1) is 19.2. The molecule has 29 heavy (non-hydrogen) atoms. The van der Waals surface area contributed by atoms with E-state index < -0.39 is 5.97 Å². The predicted molar refractivity (Wildman–Crippen MR) is 113 cm³/mol. The Morgan fingerprint density at radius 2 is 2.03 bits per heavy atom. The Balaban J connectivity index is 1.53. The minimum absolute atomic E-state index is 0.250. The van der Waals surface area contributed by atoms with Crippen LogP contribution in [0.1, 0.15) is 17.5 Å². The minimum Gasteiger partial charge on any atom is -0.490 e. The predicted octanol–water partition coefficient (Wildman–Crippen LogP) is 5.07. The van der Waals surface area contributed by atoms with Gasteiger partial charge < -0.3 is 14.2 Å². The van der Waals surface area contributed by atoms with E-state index in [2.05, 4.69) is 4.98 Å². The molecule has 0 saturated heterocycles. The highest BCUT2D eigenvalue weighted by Crippen LogP contribution is 2.39. The van der Waals surface area contributed by atoms with Crippen molar-refractivity contribution in [2.75, 3.05) is 13.2 Å². The van der Waals surface area contributed by atoms with Crippen molar-refractivity contribution in [1.29, 1.82) is 5.26 Å². The van der Waals surface area contributed by atoms with Crippen molar-refractivity contribution >= 4 is 48.9 Å². The van der Waals surface area contributed by atoms with Gasteiger partial charge in [0, 0.05) is 17.5 Å². The number of nitrogens with zero attached hydrogens (tertiary/aromatic N) is 2. The molecule has 0 unspecified atom stereocenters. The van der Waals surface area contributed by atoms with E-state index in [4.69, 9.17) is 19.5 Å². The number of carbonyl (C=O) groups is 1. The van der Waals surface area contributed by atoms with Crippen molar-refractivity contribution in [1.82, 2.24) is 4.98 Å². The van der Waals surface area contributed by atoms with E-state index in [9.17, 15) is 4.79 Å². The van der Waals surface area contributed by atoms with Crippen molar-refractivity contribution in [3.8, 4) is 23.3 Å². The first-order valence-corrected chi connectivity index (χ1v) is 10.6. The van der Waals surface area contributed by atoms with Gasteiger partial charge in [0.2, 0.25) is 0 Å². The number of hydrogen-bond acceptors (Lipinski definition) is 8. The van der Waals surface area contributed by atoms with Crippen LogP contribution in [0.2, 0.25) is 0 Å². The molecule has 0 spiro atoms. The summed E-state index contributed by atoms with van der Waals surface area (Å²) in [5, 5.41) is 12.9. The molecular formula is C21H16N2O4S2.